The van der Waals surface area contributed by atoms with Gasteiger partial charge in [0.1, 0.15) is 0 Å². The third-order valence-corrected chi connectivity index (χ3v) is 6.21. The molecule has 7 nitrogen and oxygen atoms in total. The van der Waals surface area contributed by atoms with Crippen molar-refractivity contribution in [2.75, 3.05) is 6.61 Å². The van der Waals surface area contributed by atoms with Gasteiger partial charge in [0.2, 0.25) is 5.13 Å². The van der Waals surface area contributed by atoms with E-state index in [2.05, 4.69) is 24.0 Å². The van der Waals surface area contributed by atoms with Gasteiger partial charge in [0.25, 0.3) is 5.69 Å². The van der Waals surface area contributed by atoms with Crippen LogP contribution in [0.15, 0.2) is 71.7 Å². The Bertz CT molecular complexity index is 1330. The number of ether oxygens (including phenoxy) is 1. The molecule has 1 heterocycles. The van der Waals surface area contributed by atoms with Crippen LogP contribution in [0.2, 0.25) is 0 Å². The number of aliphatic imine (C=N–C) groups is 1. The van der Waals surface area contributed by atoms with Gasteiger partial charge < -0.3 is 9.84 Å². The molecule has 0 aliphatic carbocycles. The Kier molecular flexibility index (Phi) is 6.98. The minimum atomic E-state index is -0.412. The van der Waals surface area contributed by atoms with Crippen LogP contribution in [0.3, 0.4) is 0 Å². The van der Waals surface area contributed by atoms with Crippen molar-refractivity contribution in [3.63, 3.8) is 0 Å². The first-order chi connectivity index (χ1) is 16.5. The van der Waals surface area contributed by atoms with Crippen molar-refractivity contribution in [2.45, 2.75) is 20.3 Å². The molecule has 0 radical (unpaired) electrons. The van der Waals surface area contributed by atoms with E-state index in [4.69, 9.17) is 9.72 Å². The molecule has 0 fully saturated rings. The Labute approximate surface area is 201 Å². The van der Waals surface area contributed by atoms with Gasteiger partial charge in [0, 0.05) is 23.9 Å². The van der Waals surface area contributed by atoms with E-state index in [1.165, 1.54) is 29.0 Å². The Balaban J connectivity index is 1.73. The molecule has 0 aliphatic rings. The number of benzene rings is 3. The second-order valence-electron chi connectivity index (χ2n) is 7.45. The molecule has 0 saturated heterocycles. The van der Waals surface area contributed by atoms with E-state index in [0.29, 0.717) is 17.5 Å². The van der Waals surface area contributed by atoms with Crippen LogP contribution >= 0.6 is 11.3 Å². The van der Waals surface area contributed by atoms with E-state index in [1.807, 2.05) is 19.1 Å². The molecular formula is C26H23N3O4S. The summed E-state index contributed by atoms with van der Waals surface area (Å²) in [5.74, 6) is 0.473. The number of phenolic OH excluding ortho intramolecular Hbond substituents is 1. The van der Waals surface area contributed by atoms with Crippen LogP contribution in [-0.4, -0.2) is 27.8 Å². The average molecular weight is 474 g/mol. The molecule has 0 amide bonds. The number of aromatic hydroxyl groups is 1. The van der Waals surface area contributed by atoms with Crippen LogP contribution in [-0.2, 0) is 6.42 Å². The molecule has 0 atom stereocenters. The quantitative estimate of drug-likeness (QED) is 0.172. The Morgan fingerprint density at radius 1 is 1.06 bits per heavy atom. The van der Waals surface area contributed by atoms with Crippen LogP contribution in [0.25, 0.3) is 21.7 Å². The summed E-state index contributed by atoms with van der Waals surface area (Å²) in [7, 11) is 0. The van der Waals surface area contributed by atoms with E-state index in [9.17, 15) is 15.2 Å². The van der Waals surface area contributed by atoms with Crippen molar-refractivity contribution in [3.8, 4) is 33.2 Å². The topological polar surface area (TPSA) is 97.9 Å². The Morgan fingerprint density at radius 2 is 1.76 bits per heavy atom. The third-order valence-electron chi connectivity index (χ3n) is 5.20. The zero-order valence-electron chi connectivity index (χ0n) is 18.8. The zero-order valence-corrected chi connectivity index (χ0v) is 19.6. The van der Waals surface area contributed by atoms with E-state index < -0.39 is 4.92 Å². The second kappa shape index (κ2) is 10.3. The van der Waals surface area contributed by atoms with Gasteiger partial charge in [-0.2, -0.15) is 0 Å². The highest BCUT2D eigenvalue weighted by molar-refractivity contribution is 7.19. The zero-order chi connectivity index (χ0) is 24.1. The minimum Gasteiger partial charge on any atom is -0.504 e. The number of hydrogen-bond acceptors (Lipinski definition) is 7. The third kappa shape index (κ3) is 5.13. The van der Waals surface area contributed by atoms with Crippen molar-refractivity contribution >= 4 is 28.4 Å². The first-order valence-electron chi connectivity index (χ1n) is 10.8. The molecule has 1 N–H and O–H groups in total. The van der Waals surface area contributed by atoms with Gasteiger partial charge in [-0.3, -0.25) is 10.1 Å². The molecule has 0 aliphatic heterocycles. The molecule has 4 rings (SSSR count). The van der Waals surface area contributed by atoms with Gasteiger partial charge in [0.15, 0.2) is 11.5 Å². The van der Waals surface area contributed by atoms with Crippen LogP contribution in [0.5, 0.6) is 11.5 Å². The molecule has 0 bridgehead atoms. The number of rotatable bonds is 8. The van der Waals surface area contributed by atoms with Crippen LogP contribution < -0.4 is 4.74 Å². The molecule has 3 aromatic carbocycles. The largest absolute Gasteiger partial charge is 0.504 e. The molecule has 4 aromatic rings. The van der Waals surface area contributed by atoms with Gasteiger partial charge >= 0.3 is 0 Å². The van der Waals surface area contributed by atoms with Crippen molar-refractivity contribution in [1.29, 1.82) is 0 Å². The highest BCUT2D eigenvalue weighted by atomic mass is 32.1. The molecule has 0 unspecified atom stereocenters. The normalized spacial score (nSPS) is 11.1. The summed E-state index contributed by atoms with van der Waals surface area (Å²) in [6.07, 6.45) is 2.61. The number of hydrogen-bond donors (Lipinski definition) is 1. The molecule has 34 heavy (non-hydrogen) atoms. The summed E-state index contributed by atoms with van der Waals surface area (Å²) in [6.45, 7) is 4.40. The predicted octanol–water partition coefficient (Wildman–Crippen LogP) is 6.80. The molecule has 172 valence electrons. The maximum atomic E-state index is 11.1. The van der Waals surface area contributed by atoms with Gasteiger partial charge in [-0.25, -0.2) is 9.98 Å². The van der Waals surface area contributed by atoms with Gasteiger partial charge in [-0.15, -0.1) is 0 Å². The van der Waals surface area contributed by atoms with E-state index in [0.717, 1.165) is 33.7 Å². The van der Waals surface area contributed by atoms with Gasteiger partial charge in [-0.05, 0) is 60.4 Å². The number of phenols is 1. The van der Waals surface area contributed by atoms with E-state index in [-0.39, 0.29) is 11.4 Å². The Hall–Kier alpha value is -4.04. The first kappa shape index (κ1) is 23.1. The predicted molar refractivity (Wildman–Crippen MR) is 136 cm³/mol. The first-order valence-corrected chi connectivity index (χ1v) is 11.6. The van der Waals surface area contributed by atoms with Crippen molar-refractivity contribution in [3.05, 3.63) is 88.0 Å². The van der Waals surface area contributed by atoms with E-state index in [1.54, 1.807) is 36.5 Å². The Morgan fingerprint density at radius 3 is 2.41 bits per heavy atom. The molecule has 0 spiro atoms. The minimum absolute atomic E-state index is 0.0396. The fourth-order valence-corrected chi connectivity index (χ4v) is 4.34. The van der Waals surface area contributed by atoms with Crippen molar-refractivity contribution < 1.29 is 14.8 Å². The summed E-state index contributed by atoms with van der Waals surface area (Å²) in [5, 5.41) is 21.5. The lowest BCUT2D eigenvalue weighted by Crippen LogP contribution is -1.93. The lowest BCUT2D eigenvalue weighted by Gasteiger charge is -2.05. The van der Waals surface area contributed by atoms with Crippen molar-refractivity contribution in [2.24, 2.45) is 4.99 Å². The standard InChI is InChI=1S/C26H23N3O4S/c1-3-17-5-8-19(9-6-17)24-25(20-10-12-21(13-11-20)29(31)32)34-26(28-24)27-16-18-7-14-22(30)23(15-18)33-4-2/h5-16,30H,3-4H2,1-2H3. The monoisotopic (exact) mass is 473 g/mol. The number of nitro groups is 1. The summed E-state index contributed by atoms with van der Waals surface area (Å²) in [4.78, 5) is 20.9. The number of non-ortho nitro benzene ring substituents is 1. The maximum absolute atomic E-state index is 11.1. The lowest BCUT2D eigenvalue weighted by atomic mass is 10.0. The number of aromatic nitrogens is 1. The summed E-state index contributed by atoms with van der Waals surface area (Å²) in [5.41, 5.74) is 4.59. The molecule has 8 heteroatoms. The summed E-state index contributed by atoms with van der Waals surface area (Å²) in [6, 6.07) is 19.7. The van der Waals surface area contributed by atoms with Crippen LogP contribution in [0, 0.1) is 10.1 Å². The average Bonchev–Trinajstić information content (AvgIpc) is 3.29. The lowest BCUT2D eigenvalue weighted by molar-refractivity contribution is -0.384. The summed E-state index contributed by atoms with van der Waals surface area (Å²) < 4.78 is 5.44. The second-order valence-corrected chi connectivity index (χ2v) is 8.42. The van der Waals surface area contributed by atoms with Gasteiger partial charge in [-0.1, -0.05) is 42.5 Å². The fourth-order valence-electron chi connectivity index (χ4n) is 3.40. The number of nitro benzene ring substituents is 1. The van der Waals surface area contributed by atoms with E-state index >= 15 is 0 Å². The highest BCUT2D eigenvalue weighted by Gasteiger charge is 2.16. The molecular weight excluding hydrogens is 450 g/mol. The maximum Gasteiger partial charge on any atom is 0.269 e. The SMILES string of the molecule is CCOc1cc(C=Nc2nc(-c3ccc(CC)cc3)c(-c3ccc([N+](=O)[O-])cc3)s2)ccc1O. The number of aryl methyl sites for hydroxylation is 1. The fraction of sp³-hybridized carbons (Fsp3) is 0.154. The highest BCUT2D eigenvalue weighted by Crippen LogP contribution is 2.40. The number of nitrogens with zero attached hydrogens (tertiary/aromatic N) is 3. The molecule has 1 aromatic heterocycles. The number of thiazole rings is 1. The van der Waals surface area contributed by atoms with Crippen LogP contribution in [0.4, 0.5) is 10.8 Å². The van der Waals surface area contributed by atoms with Gasteiger partial charge in [0.05, 0.1) is 22.1 Å². The smallest absolute Gasteiger partial charge is 0.269 e. The van der Waals surface area contributed by atoms with Crippen molar-refractivity contribution in [1.82, 2.24) is 4.98 Å². The van der Waals surface area contributed by atoms with Crippen LogP contribution in [0.1, 0.15) is 25.0 Å². The molecule has 0 saturated carbocycles. The summed E-state index contributed by atoms with van der Waals surface area (Å²) >= 11 is 1.41.